The third kappa shape index (κ3) is 3.56. The Morgan fingerprint density at radius 3 is 2.44 bits per heavy atom. The summed E-state index contributed by atoms with van der Waals surface area (Å²) < 4.78 is 5.47. The molecular formula is C19H18N2O4. The molecule has 0 bridgehead atoms. The highest BCUT2D eigenvalue weighted by molar-refractivity contribution is 5.97. The highest BCUT2D eigenvalue weighted by Crippen LogP contribution is 2.29. The third-order valence-electron chi connectivity index (χ3n) is 4.49. The molecule has 1 aliphatic rings. The predicted octanol–water partition coefficient (Wildman–Crippen LogP) is 2.87. The summed E-state index contributed by atoms with van der Waals surface area (Å²) >= 11 is 0. The van der Waals surface area contributed by atoms with Crippen LogP contribution in [0.2, 0.25) is 0 Å². The van der Waals surface area contributed by atoms with E-state index in [1.807, 2.05) is 24.3 Å². The first-order valence-corrected chi connectivity index (χ1v) is 8.14. The summed E-state index contributed by atoms with van der Waals surface area (Å²) in [5.74, 6) is -1.41. The maximum absolute atomic E-state index is 12.1. The van der Waals surface area contributed by atoms with E-state index >= 15 is 0 Å². The number of hydrogen-bond donors (Lipinski definition) is 2. The van der Waals surface area contributed by atoms with Gasteiger partial charge in [0.05, 0.1) is 6.07 Å². The summed E-state index contributed by atoms with van der Waals surface area (Å²) in [6, 6.07) is 12.6. The topological polar surface area (TPSA) is 99.4 Å². The fourth-order valence-electron chi connectivity index (χ4n) is 3.20. The zero-order chi connectivity index (χ0) is 17.9. The maximum atomic E-state index is 12.1. The Hall–Kier alpha value is -3.07. The van der Waals surface area contributed by atoms with Crippen LogP contribution in [0.3, 0.4) is 0 Å². The number of carboxylic acids is 1. The van der Waals surface area contributed by atoms with Gasteiger partial charge in [0.1, 0.15) is 16.9 Å². The van der Waals surface area contributed by atoms with Crippen LogP contribution in [0.4, 0.5) is 0 Å². The Bertz CT molecular complexity index is 863. The van der Waals surface area contributed by atoms with Gasteiger partial charge in [-0.3, -0.25) is 4.79 Å². The van der Waals surface area contributed by atoms with Crippen LogP contribution in [0.25, 0.3) is 10.8 Å². The summed E-state index contributed by atoms with van der Waals surface area (Å²) in [5, 5.41) is 23.0. The molecule has 0 unspecified atom stereocenters. The summed E-state index contributed by atoms with van der Waals surface area (Å²) in [4.78, 5) is 23.6. The van der Waals surface area contributed by atoms with Crippen LogP contribution >= 0.6 is 0 Å². The number of amides is 1. The normalized spacial score (nSPS) is 15.5. The van der Waals surface area contributed by atoms with Gasteiger partial charge >= 0.3 is 5.97 Å². The number of ether oxygens (including phenoxy) is 1. The van der Waals surface area contributed by atoms with Gasteiger partial charge in [0.15, 0.2) is 6.61 Å². The van der Waals surface area contributed by atoms with Crippen LogP contribution in [0, 0.1) is 11.3 Å². The van der Waals surface area contributed by atoms with Gasteiger partial charge in [-0.2, -0.15) is 5.26 Å². The van der Waals surface area contributed by atoms with E-state index in [2.05, 4.69) is 11.4 Å². The van der Waals surface area contributed by atoms with E-state index in [1.54, 1.807) is 6.07 Å². The number of carbonyl (C=O) groups is 2. The summed E-state index contributed by atoms with van der Waals surface area (Å²) in [7, 11) is 0. The SMILES string of the molecule is N#CC1(NC(=O)COc2cc3ccccc3cc2C(=O)O)CCCC1. The van der Waals surface area contributed by atoms with Crippen LogP contribution in [0.5, 0.6) is 5.75 Å². The molecule has 0 aromatic heterocycles. The third-order valence-corrected chi connectivity index (χ3v) is 4.49. The number of carbonyl (C=O) groups excluding carboxylic acids is 1. The first-order valence-electron chi connectivity index (χ1n) is 8.14. The van der Waals surface area contributed by atoms with E-state index in [9.17, 15) is 20.0 Å². The Morgan fingerprint density at radius 1 is 1.20 bits per heavy atom. The summed E-state index contributed by atoms with van der Waals surface area (Å²) in [5.41, 5.74) is -0.818. The van der Waals surface area contributed by atoms with E-state index < -0.39 is 17.4 Å². The number of benzene rings is 2. The first-order chi connectivity index (χ1) is 12.0. The van der Waals surface area contributed by atoms with Crippen molar-refractivity contribution in [1.82, 2.24) is 5.32 Å². The van der Waals surface area contributed by atoms with Crippen molar-refractivity contribution in [1.29, 1.82) is 5.26 Å². The zero-order valence-electron chi connectivity index (χ0n) is 13.6. The second-order valence-electron chi connectivity index (χ2n) is 6.24. The lowest BCUT2D eigenvalue weighted by atomic mass is 10.00. The molecule has 1 amide bonds. The van der Waals surface area contributed by atoms with Crippen molar-refractivity contribution in [3.8, 4) is 11.8 Å². The van der Waals surface area contributed by atoms with Gasteiger partial charge < -0.3 is 15.2 Å². The van der Waals surface area contributed by atoms with E-state index in [0.29, 0.717) is 12.8 Å². The van der Waals surface area contributed by atoms with Crippen molar-refractivity contribution in [3.05, 3.63) is 42.0 Å². The number of nitriles is 1. The largest absolute Gasteiger partial charge is 0.483 e. The van der Waals surface area contributed by atoms with E-state index in [-0.39, 0.29) is 17.9 Å². The molecule has 0 aliphatic heterocycles. The molecule has 0 saturated heterocycles. The van der Waals surface area contributed by atoms with E-state index in [4.69, 9.17) is 4.74 Å². The van der Waals surface area contributed by atoms with Gasteiger partial charge in [0.25, 0.3) is 5.91 Å². The molecule has 1 aliphatic carbocycles. The molecule has 0 radical (unpaired) electrons. The lowest BCUT2D eigenvalue weighted by molar-refractivity contribution is -0.124. The molecule has 2 aromatic carbocycles. The number of nitrogens with zero attached hydrogens (tertiary/aromatic N) is 1. The fraction of sp³-hybridized carbons (Fsp3) is 0.316. The van der Waals surface area contributed by atoms with Crippen molar-refractivity contribution in [2.75, 3.05) is 6.61 Å². The highest BCUT2D eigenvalue weighted by atomic mass is 16.5. The van der Waals surface area contributed by atoms with E-state index in [0.717, 1.165) is 23.6 Å². The van der Waals surface area contributed by atoms with Crippen LogP contribution in [0.1, 0.15) is 36.0 Å². The number of aromatic carboxylic acids is 1. The Labute approximate surface area is 145 Å². The van der Waals surface area contributed by atoms with Crippen LogP contribution in [-0.2, 0) is 4.79 Å². The summed E-state index contributed by atoms with van der Waals surface area (Å²) in [6.45, 7) is -0.331. The van der Waals surface area contributed by atoms with Crippen molar-refractivity contribution < 1.29 is 19.4 Å². The highest BCUT2D eigenvalue weighted by Gasteiger charge is 2.35. The molecule has 3 rings (SSSR count). The van der Waals surface area contributed by atoms with Crippen molar-refractivity contribution in [3.63, 3.8) is 0 Å². The fourth-order valence-corrected chi connectivity index (χ4v) is 3.20. The number of nitrogens with one attached hydrogen (secondary N) is 1. The minimum absolute atomic E-state index is 0.00219. The monoisotopic (exact) mass is 338 g/mol. The second kappa shape index (κ2) is 6.81. The maximum Gasteiger partial charge on any atom is 0.339 e. The van der Waals surface area contributed by atoms with Crippen molar-refractivity contribution in [2.45, 2.75) is 31.2 Å². The molecule has 2 N–H and O–H groups in total. The van der Waals surface area contributed by atoms with Crippen LogP contribution in [-0.4, -0.2) is 29.1 Å². The molecule has 0 heterocycles. The molecule has 25 heavy (non-hydrogen) atoms. The van der Waals surface area contributed by atoms with E-state index in [1.165, 1.54) is 6.07 Å². The van der Waals surface area contributed by atoms with Gasteiger partial charge in [-0.05, 0) is 48.6 Å². The minimum atomic E-state index is -1.12. The molecule has 6 heteroatoms. The molecule has 6 nitrogen and oxygen atoms in total. The van der Waals surface area contributed by atoms with Gasteiger partial charge in [-0.25, -0.2) is 4.79 Å². The average molecular weight is 338 g/mol. The first kappa shape index (κ1) is 16.8. The van der Waals surface area contributed by atoms with Crippen molar-refractivity contribution >= 4 is 22.6 Å². The lowest BCUT2D eigenvalue weighted by Crippen LogP contribution is -2.47. The lowest BCUT2D eigenvalue weighted by Gasteiger charge is -2.22. The number of hydrogen-bond acceptors (Lipinski definition) is 4. The minimum Gasteiger partial charge on any atom is -0.483 e. The van der Waals surface area contributed by atoms with Gasteiger partial charge in [0, 0.05) is 0 Å². The summed E-state index contributed by atoms with van der Waals surface area (Å²) in [6.07, 6.45) is 3.07. The molecule has 2 aromatic rings. The Kier molecular flexibility index (Phi) is 4.57. The van der Waals surface area contributed by atoms with Gasteiger partial charge in [-0.1, -0.05) is 24.3 Å². The standard InChI is InChI=1S/C19H18N2O4/c20-12-19(7-3-4-8-19)21-17(22)11-25-16-10-14-6-2-1-5-13(14)9-15(16)18(23)24/h1-2,5-6,9-10H,3-4,7-8,11H2,(H,21,22)(H,23,24). The Morgan fingerprint density at radius 2 is 1.84 bits per heavy atom. The van der Waals surface area contributed by atoms with Gasteiger partial charge in [0.2, 0.25) is 0 Å². The second-order valence-corrected chi connectivity index (χ2v) is 6.24. The number of carboxylic acid groups (broad SMARTS) is 1. The predicted molar refractivity (Wildman–Crippen MR) is 91.4 cm³/mol. The zero-order valence-corrected chi connectivity index (χ0v) is 13.6. The Balaban J connectivity index is 1.76. The smallest absolute Gasteiger partial charge is 0.339 e. The number of fused-ring (bicyclic) bond motifs is 1. The van der Waals surface area contributed by atoms with Crippen LogP contribution < -0.4 is 10.1 Å². The molecule has 0 spiro atoms. The molecule has 128 valence electrons. The quantitative estimate of drug-likeness (QED) is 0.873. The van der Waals surface area contributed by atoms with Gasteiger partial charge in [-0.15, -0.1) is 0 Å². The molecule has 1 saturated carbocycles. The average Bonchev–Trinajstić information content (AvgIpc) is 3.08. The molecule has 1 fully saturated rings. The number of rotatable bonds is 5. The van der Waals surface area contributed by atoms with Crippen LogP contribution in [0.15, 0.2) is 36.4 Å². The van der Waals surface area contributed by atoms with Crippen molar-refractivity contribution in [2.24, 2.45) is 0 Å². The molecule has 0 atom stereocenters. The molecular weight excluding hydrogens is 320 g/mol.